The van der Waals surface area contributed by atoms with Gasteiger partial charge in [0.1, 0.15) is 11.4 Å². The van der Waals surface area contributed by atoms with Crippen LogP contribution in [0.25, 0.3) is 10.2 Å². The number of benzene rings is 1. The average Bonchev–Trinajstić information content (AvgIpc) is 3.09. The Morgan fingerprint density at radius 2 is 2.00 bits per heavy atom. The van der Waals surface area contributed by atoms with E-state index in [0.717, 1.165) is 40.6 Å². The highest BCUT2D eigenvalue weighted by Crippen LogP contribution is 2.33. The second kappa shape index (κ2) is 7.27. The van der Waals surface area contributed by atoms with Gasteiger partial charge in [-0.2, -0.15) is 0 Å². The first-order valence-electron chi connectivity index (χ1n) is 9.36. The van der Waals surface area contributed by atoms with Gasteiger partial charge in [-0.05, 0) is 43.7 Å². The number of aryl methyl sites for hydroxylation is 2. The van der Waals surface area contributed by atoms with Crippen molar-refractivity contribution in [2.75, 3.05) is 7.05 Å². The molecule has 2 heterocycles. The molecule has 140 valence electrons. The molecular formula is C21H23N3O2S. The molecule has 6 heteroatoms. The van der Waals surface area contributed by atoms with Crippen LogP contribution in [0.15, 0.2) is 41.5 Å². The summed E-state index contributed by atoms with van der Waals surface area (Å²) in [6.07, 6.45) is 5.78. The van der Waals surface area contributed by atoms with Gasteiger partial charge in [0.15, 0.2) is 0 Å². The number of thiophene rings is 1. The van der Waals surface area contributed by atoms with Crippen molar-refractivity contribution in [3.63, 3.8) is 0 Å². The molecule has 1 aliphatic carbocycles. The second-order valence-electron chi connectivity index (χ2n) is 7.16. The van der Waals surface area contributed by atoms with Crippen LogP contribution in [-0.4, -0.2) is 27.4 Å². The van der Waals surface area contributed by atoms with Crippen molar-refractivity contribution < 1.29 is 4.79 Å². The highest BCUT2D eigenvalue weighted by atomic mass is 32.1. The quantitative estimate of drug-likeness (QED) is 0.694. The highest BCUT2D eigenvalue weighted by Gasteiger charge is 2.22. The zero-order chi connectivity index (χ0) is 19.0. The minimum atomic E-state index is -0.0984. The summed E-state index contributed by atoms with van der Waals surface area (Å²) < 4.78 is 1.46. The minimum Gasteiger partial charge on any atom is -0.337 e. The molecule has 0 fully saturated rings. The molecule has 0 spiro atoms. The fraction of sp³-hybridized carbons (Fsp3) is 0.381. The summed E-state index contributed by atoms with van der Waals surface area (Å²) in [4.78, 5) is 34.1. The lowest BCUT2D eigenvalue weighted by Crippen LogP contribution is -2.35. The van der Waals surface area contributed by atoms with Crippen LogP contribution in [0.3, 0.4) is 0 Å². The number of carbonyl (C=O) groups is 1. The van der Waals surface area contributed by atoms with Gasteiger partial charge in [-0.3, -0.25) is 14.2 Å². The summed E-state index contributed by atoms with van der Waals surface area (Å²) in [5, 5.41) is 0.726. The fourth-order valence-electron chi connectivity index (χ4n) is 3.72. The normalized spacial score (nSPS) is 14.7. The van der Waals surface area contributed by atoms with E-state index in [2.05, 4.69) is 4.98 Å². The first kappa shape index (κ1) is 17.9. The topological polar surface area (TPSA) is 55.2 Å². The molecule has 2 aromatic heterocycles. The summed E-state index contributed by atoms with van der Waals surface area (Å²) in [5.74, 6) is -0.0984. The summed E-state index contributed by atoms with van der Waals surface area (Å²) in [7, 11) is 1.78. The van der Waals surface area contributed by atoms with E-state index < -0.39 is 0 Å². The molecule has 1 atom stereocenters. The van der Waals surface area contributed by atoms with Crippen LogP contribution in [0.1, 0.15) is 41.8 Å². The van der Waals surface area contributed by atoms with Crippen molar-refractivity contribution in [2.24, 2.45) is 0 Å². The second-order valence-corrected chi connectivity index (χ2v) is 8.24. The van der Waals surface area contributed by atoms with E-state index in [9.17, 15) is 9.59 Å². The molecule has 0 aliphatic heterocycles. The number of hydrogen-bond acceptors (Lipinski definition) is 4. The van der Waals surface area contributed by atoms with Gasteiger partial charge in [0.2, 0.25) is 5.91 Å². The lowest BCUT2D eigenvalue weighted by atomic mass is 9.97. The average molecular weight is 382 g/mol. The van der Waals surface area contributed by atoms with Crippen LogP contribution in [0.4, 0.5) is 0 Å². The molecule has 0 unspecified atom stereocenters. The van der Waals surface area contributed by atoms with Gasteiger partial charge in [-0.15, -0.1) is 11.3 Å². The SMILES string of the molecule is C[C@@H](c1ccccc1)N(C)C(=O)Cn1cnc2sc3c(c2c1=O)CCCC3. The Kier molecular flexibility index (Phi) is 4.83. The Morgan fingerprint density at radius 3 is 2.78 bits per heavy atom. The van der Waals surface area contributed by atoms with Crippen LogP contribution >= 0.6 is 11.3 Å². The first-order valence-corrected chi connectivity index (χ1v) is 10.2. The maximum Gasteiger partial charge on any atom is 0.262 e. The Hall–Kier alpha value is -2.47. The molecule has 4 rings (SSSR count). The maximum absolute atomic E-state index is 13.0. The van der Waals surface area contributed by atoms with Crippen molar-refractivity contribution in [2.45, 2.75) is 45.2 Å². The standard InChI is InChI=1S/C21H23N3O2S/c1-14(15-8-4-3-5-9-15)23(2)18(25)12-24-13-22-20-19(21(24)26)16-10-6-7-11-17(16)27-20/h3-5,8-9,13-14H,6-7,10-12H2,1-2H3/t14-/m0/s1. The van der Waals surface area contributed by atoms with Crippen molar-refractivity contribution in [1.29, 1.82) is 0 Å². The minimum absolute atomic E-state index is 0.0140. The number of fused-ring (bicyclic) bond motifs is 3. The van der Waals surface area contributed by atoms with Gasteiger partial charge in [-0.1, -0.05) is 30.3 Å². The number of hydrogen-bond donors (Lipinski definition) is 0. The van der Waals surface area contributed by atoms with E-state index in [1.165, 1.54) is 22.2 Å². The number of nitrogens with zero attached hydrogens (tertiary/aromatic N) is 3. The molecule has 1 aromatic carbocycles. The lowest BCUT2D eigenvalue weighted by Gasteiger charge is -2.25. The van der Waals surface area contributed by atoms with E-state index >= 15 is 0 Å². The van der Waals surface area contributed by atoms with Gasteiger partial charge < -0.3 is 4.90 Å². The Morgan fingerprint density at radius 1 is 1.26 bits per heavy atom. The third-order valence-electron chi connectivity index (χ3n) is 5.50. The van der Waals surface area contributed by atoms with E-state index in [1.807, 2.05) is 37.3 Å². The highest BCUT2D eigenvalue weighted by molar-refractivity contribution is 7.18. The van der Waals surface area contributed by atoms with Gasteiger partial charge >= 0.3 is 0 Å². The molecule has 0 saturated carbocycles. The van der Waals surface area contributed by atoms with Gasteiger partial charge in [-0.25, -0.2) is 4.98 Å². The summed E-state index contributed by atoms with van der Waals surface area (Å²) in [5.41, 5.74) is 2.14. The van der Waals surface area contributed by atoms with Crippen molar-refractivity contribution in [3.05, 3.63) is 63.0 Å². The van der Waals surface area contributed by atoms with Crippen LogP contribution in [0, 0.1) is 0 Å². The lowest BCUT2D eigenvalue weighted by molar-refractivity contribution is -0.132. The van der Waals surface area contributed by atoms with Crippen molar-refractivity contribution in [3.8, 4) is 0 Å². The smallest absolute Gasteiger partial charge is 0.262 e. The van der Waals surface area contributed by atoms with Crippen molar-refractivity contribution in [1.82, 2.24) is 14.5 Å². The maximum atomic E-state index is 13.0. The molecular weight excluding hydrogens is 358 g/mol. The number of rotatable bonds is 4. The van der Waals surface area contributed by atoms with E-state index in [1.54, 1.807) is 23.3 Å². The van der Waals surface area contributed by atoms with Crippen molar-refractivity contribution >= 4 is 27.5 Å². The molecule has 5 nitrogen and oxygen atoms in total. The zero-order valence-electron chi connectivity index (χ0n) is 15.6. The predicted octanol–water partition coefficient (Wildman–Crippen LogP) is 3.56. The molecule has 0 N–H and O–H groups in total. The fourth-order valence-corrected chi connectivity index (χ4v) is 4.94. The Labute approximate surface area is 162 Å². The molecule has 1 amide bonds. The van der Waals surface area contributed by atoms with E-state index in [4.69, 9.17) is 0 Å². The monoisotopic (exact) mass is 381 g/mol. The summed E-state index contributed by atoms with van der Waals surface area (Å²) in [6, 6.07) is 9.84. The Bertz CT molecular complexity index is 1040. The molecule has 1 aliphatic rings. The number of aromatic nitrogens is 2. The summed E-state index contributed by atoms with van der Waals surface area (Å²) >= 11 is 1.63. The van der Waals surface area contributed by atoms with E-state index in [-0.39, 0.29) is 24.1 Å². The third-order valence-corrected chi connectivity index (χ3v) is 6.70. The first-order chi connectivity index (χ1) is 13.1. The summed E-state index contributed by atoms with van der Waals surface area (Å²) in [6.45, 7) is 2.01. The Balaban J connectivity index is 1.60. The van der Waals surface area contributed by atoms with Crippen LogP contribution in [-0.2, 0) is 24.2 Å². The molecule has 0 radical (unpaired) electrons. The van der Waals surface area contributed by atoms with Crippen LogP contribution in [0.2, 0.25) is 0 Å². The van der Waals surface area contributed by atoms with Gasteiger partial charge in [0.05, 0.1) is 17.8 Å². The molecule has 27 heavy (non-hydrogen) atoms. The zero-order valence-corrected chi connectivity index (χ0v) is 16.5. The largest absolute Gasteiger partial charge is 0.337 e. The predicted molar refractivity (Wildman–Crippen MR) is 108 cm³/mol. The van der Waals surface area contributed by atoms with Crippen LogP contribution < -0.4 is 5.56 Å². The number of amides is 1. The van der Waals surface area contributed by atoms with Gasteiger partial charge in [0.25, 0.3) is 5.56 Å². The van der Waals surface area contributed by atoms with E-state index in [0.29, 0.717) is 0 Å². The van der Waals surface area contributed by atoms with Gasteiger partial charge in [0, 0.05) is 11.9 Å². The molecule has 0 bridgehead atoms. The molecule has 3 aromatic rings. The number of carbonyl (C=O) groups excluding carboxylic acids is 1. The third kappa shape index (κ3) is 3.30. The molecule has 0 saturated heterocycles. The van der Waals surface area contributed by atoms with Crippen LogP contribution in [0.5, 0.6) is 0 Å². The number of likely N-dealkylation sites (N-methyl/N-ethyl adjacent to an activating group) is 1.